The van der Waals surface area contributed by atoms with Crippen LogP contribution >= 0.6 is 11.6 Å². The van der Waals surface area contributed by atoms with Crippen LogP contribution < -0.4 is 10.5 Å². The Balaban J connectivity index is 1.72. The number of nitrogens with two attached hydrogens (primary N) is 1. The number of fused-ring (bicyclic) bond motifs is 1. The molecule has 26 heavy (non-hydrogen) atoms. The molecule has 1 atom stereocenters. The second kappa shape index (κ2) is 7.79. The third-order valence-corrected chi connectivity index (χ3v) is 4.84. The zero-order valence-corrected chi connectivity index (χ0v) is 15.6. The number of hydrogen-bond acceptors (Lipinski definition) is 3. The molecule has 3 N–H and O–H groups in total. The third kappa shape index (κ3) is 4.17. The Bertz CT molecular complexity index is 919. The predicted octanol–water partition coefficient (Wildman–Crippen LogP) is 4.16. The highest BCUT2D eigenvalue weighted by Crippen LogP contribution is 2.23. The van der Waals surface area contributed by atoms with E-state index >= 15 is 0 Å². The molecule has 1 amide bonds. The largest absolute Gasteiger partial charge is 0.486 e. The highest BCUT2D eigenvalue weighted by atomic mass is 35.5. The van der Waals surface area contributed by atoms with Crippen LogP contribution in [0.4, 0.5) is 0 Å². The third-order valence-electron chi connectivity index (χ3n) is 4.59. The Morgan fingerprint density at radius 3 is 2.69 bits per heavy atom. The maximum absolute atomic E-state index is 11.2. The van der Waals surface area contributed by atoms with Crippen LogP contribution in [0, 0.1) is 12.8 Å². The lowest BCUT2D eigenvalue weighted by Gasteiger charge is -2.09. The summed E-state index contributed by atoms with van der Waals surface area (Å²) in [5.41, 5.74) is 9.56. The maximum atomic E-state index is 11.2. The average Bonchev–Trinajstić information content (AvgIpc) is 3.04. The van der Waals surface area contributed by atoms with Crippen LogP contribution in [0.25, 0.3) is 11.0 Å². The highest BCUT2D eigenvalue weighted by Gasteiger charge is 2.13. The first-order chi connectivity index (χ1) is 12.4. The zero-order chi connectivity index (χ0) is 18.7. The lowest BCUT2D eigenvalue weighted by atomic mass is 9.97. The van der Waals surface area contributed by atoms with Crippen LogP contribution in [0.3, 0.4) is 0 Å². The van der Waals surface area contributed by atoms with Gasteiger partial charge in [0.1, 0.15) is 18.2 Å². The number of nitrogens with zero attached hydrogens (tertiary/aromatic N) is 1. The summed E-state index contributed by atoms with van der Waals surface area (Å²) in [6.07, 6.45) is 1.54. The molecular formula is C20H22ClN3O2. The number of halogens is 1. The molecular weight excluding hydrogens is 350 g/mol. The minimum Gasteiger partial charge on any atom is -0.486 e. The number of rotatable bonds is 7. The van der Waals surface area contributed by atoms with Gasteiger partial charge in [0, 0.05) is 10.9 Å². The summed E-state index contributed by atoms with van der Waals surface area (Å²) >= 11 is 5.88. The van der Waals surface area contributed by atoms with Gasteiger partial charge < -0.3 is 15.5 Å². The van der Waals surface area contributed by atoms with E-state index in [2.05, 4.69) is 23.0 Å². The van der Waals surface area contributed by atoms with Crippen LogP contribution in [0.15, 0.2) is 36.4 Å². The first-order valence-corrected chi connectivity index (χ1v) is 8.96. The molecule has 0 aliphatic carbocycles. The fourth-order valence-corrected chi connectivity index (χ4v) is 2.97. The molecule has 0 saturated carbocycles. The fraction of sp³-hybridized carbons (Fsp3) is 0.300. The zero-order valence-electron chi connectivity index (χ0n) is 14.9. The molecule has 0 aliphatic heterocycles. The molecule has 0 fully saturated rings. The van der Waals surface area contributed by atoms with Crippen molar-refractivity contribution in [3.05, 3.63) is 58.4 Å². The van der Waals surface area contributed by atoms with E-state index in [1.165, 1.54) is 5.56 Å². The molecule has 0 aliphatic rings. The van der Waals surface area contributed by atoms with Gasteiger partial charge in [0.25, 0.3) is 0 Å². The minimum atomic E-state index is -0.259. The number of benzene rings is 2. The number of imidazole rings is 1. The Kier molecular flexibility index (Phi) is 5.47. The molecule has 1 heterocycles. The Morgan fingerprint density at radius 2 is 2.00 bits per heavy atom. The van der Waals surface area contributed by atoms with Crippen molar-refractivity contribution in [2.45, 2.75) is 33.3 Å². The molecule has 3 aromatic rings. The van der Waals surface area contributed by atoms with Crippen molar-refractivity contribution in [1.29, 1.82) is 0 Å². The van der Waals surface area contributed by atoms with Gasteiger partial charge in [-0.25, -0.2) is 4.98 Å². The number of carbonyl (C=O) groups is 1. The van der Waals surface area contributed by atoms with Gasteiger partial charge in [-0.05, 0) is 61.2 Å². The minimum absolute atomic E-state index is 0.132. The van der Waals surface area contributed by atoms with E-state index in [4.69, 9.17) is 22.1 Å². The average molecular weight is 372 g/mol. The van der Waals surface area contributed by atoms with Crippen molar-refractivity contribution < 1.29 is 9.53 Å². The van der Waals surface area contributed by atoms with Gasteiger partial charge in [0.2, 0.25) is 5.91 Å². The molecule has 0 radical (unpaired) electrons. The Labute approximate surface area is 157 Å². The number of nitrogens with one attached hydrogen (secondary N) is 1. The number of H-pyrrole nitrogens is 1. The first-order valence-electron chi connectivity index (χ1n) is 8.59. The number of primary amides is 1. The summed E-state index contributed by atoms with van der Waals surface area (Å²) in [4.78, 5) is 19.2. The number of carbonyl (C=O) groups excluding carboxylic acids is 1. The predicted molar refractivity (Wildman–Crippen MR) is 103 cm³/mol. The van der Waals surface area contributed by atoms with Gasteiger partial charge in [-0.2, -0.15) is 0 Å². The molecule has 1 aromatic heterocycles. The molecule has 0 saturated heterocycles. The van der Waals surface area contributed by atoms with Gasteiger partial charge in [-0.3, -0.25) is 4.79 Å². The van der Waals surface area contributed by atoms with Crippen LogP contribution in [0.1, 0.15) is 30.3 Å². The monoisotopic (exact) mass is 371 g/mol. The van der Waals surface area contributed by atoms with Crippen molar-refractivity contribution in [3.8, 4) is 5.75 Å². The summed E-state index contributed by atoms with van der Waals surface area (Å²) in [6, 6.07) is 11.3. The molecule has 6 heteroatoms. The van der Waals surface area contributed by atoms with Crippen molar-refractivity contribution in [2.75, 3.05) is 0 Å². The van der Waals surface area contributed by atoms with E-state index in [1.54, 1.807) is 12.1 Å². The quantitative estimate of drug-likeness (QED) is 0.654. The van der Waals surface area contributed by atoms with Crippen molar-refractivity contribution >= 4 is 28.5 Å². The molecule has 1 unspecified atom stereocenters. The normalized spacial score (nSPS) is 12.3. The number of amides is 1. The molecule has 0 bridgehead atoms. The molecule has 2 aromatic carbocycles. The number of aryl methyl sites for hydroxylation is 2. The number of ether oxygens (including phenoxy) is 1. The van der Waals surface area contributed by atoms with Crippen LogP contribution in [-0.4, -0.2) is 15.9 Å². The SMILES string of the molecule is Cc1c(CCC(C)C(N)=O)ccc2[nH]c(COc3ccc(Cl)cc3)nc12. The smallest absolute Gasteiger partial charge is 0.220 e. The maximum Gasteiger partial charge on any atom is 0.220 e. The second-order valence-corrected chi connectivity index (χ2v) is 6.95. The number of aromatic nitrogens is 2. The van der Waals surface area contributed by atoms with Crippen LogP contribution in [0.5, 0.6) is 5.75 Å². The van der Waals surface area contributed by atoms with E-state index in [9.17, 15) is 4.79 Å². The van der Waals surface area contributed by atoms with Gasteiger partial charge in [0.05, 0.1) is 11.0 Å². The topological polar surface area (TPSA) is 81.0 Å². The van der Waals surface area contributed by atoms with Crippen molar-refractivity contribution in [3.63, 3.8) is 0 Å². The lowest BCUT2D eigenvalue weighted by Crippen LogP contribution is -2.20. The van der Waals surface area contributed by atoms with Gasteiger partial charge in [0.15, 0.2) is 0 Å². The van der Waals surface area contributed by atoms with Crippen LogP contribution in [0.2, 0.25) is 5.02 Å². The highest BCUT2D eigenvalue weighted by molar-refractivity contribution is 6.30. The molecule has 5 nitrogen and oxygen atoms in total. The summed E-state index contributed by atoms with van der Waals surface area (Å²) in [5, 5.41) is 0.676. The van der Waals surface area contributed by atoms with E-state index in [-0.39, 0.29) is 11.8 Å². The first kappa shape index (κ1) is 18.3. The lowest BCUT2D eigenvalue weighted by molar-refractivity contribution is -0.121. The fourth-order valence-electron chi connectivity index (χ4n) is 2.84. The molecule has 136 valence electrons. The Morgan fingerprint density at radius 1 is 1.27 bits per heavy atom. The summed E-state index contributed by atoms with van der Waals surface area (Å²) in [5.74, 6) is 1.12. The van der Waals surface area contributed by atoms with Crippen molar-refractivity contribution in [2.24, 2.45) is 11.7 Å². The van der Waals surface area contributed by atoms with Crippen LogP contribution in [-0.2, 0) is 17.8 Å². The summed E-state index contributed by atoms with van der Waals surface area (Å²) in [6.45, 7) is 4.26. The van der Waals surface area contributed by atoms with Gasteiger partial charge in [-0.15, -0.1) is 0 Å². The van der Waals surface area contributed by atoms with Gasteiger partial charge in [-0.1, -0.05) is 24.6 Å². The number of hydrogen-bond donors (Lipinski definition) is 2. The van der Waals surface area contributed by atoms with Crippen molar-refractivity contribution in [1.82, 2.24) is 9.97 Å². The molecule has 0 spiro atoms. The Hall–Kier alpha value is -2.53. The second-order valence-electron chi connectivity index (χ2n) is 6.51. The van der Waals surface area contributed by atoms with E-state index in [0.29, 0.717) is 11.6 Å². The van der Waals surface area contributed by atoms with Gasteiger partial charge >= 0.3 is 0 Å². The summed E-state index contributed by atoms with van der Waals surface area (Å²) < 4.78 is 5.75. The van der Waals surface area contributed by atoms with E-state index < -0.39 is 0 Å². The standard InChI is InChI=1S/C20H22ClN3O2/c1-12(20(22)25)3-4-14-5-10-17-19(13(14)2)24-18(23-17)11-26-16-8-6-15(21)7-9-16/h5-10,12H,3-4,11H2,1-2H3,(H2,22,25)(H,23,24). The number of aromatic amines is 1. The molecule has 3 rings (SSSR count). The van der Waals surface area contributed by atoms with E-state index in [0.717, 1.165) is 41.0 Å². The van der Waals surface area contributed by atoms with E-state index in [1.807, 2.05) is 25.1 Å². The summed E-state index contributed by atoms with van der Waals surface area (Å²) in [7, 11) is 0.